The second kappa shape index (κ2) is 8.11. The average Bonchev–Trinajstić information content (AvgIpc) is 2.37. The maximum absolute atomic E-state index is 5.41. The lowest BCUT2D eigenvalue weighted by Crippen LogP contribution is -2.34. The smallest absolute Gasteiger partial charge is 0.122 e. The van der Waals surface area contributed by atoms with Crippen LogP contribution in [0.4, 0.5) is 0 Å². The number of ether oxygens (including phenoxy) is 1. The molecule has 102 valence electrons. The molecule has 1 aromatic rings. The topological polar surface area (TPSA) is 24.5 Å². The van der Waals surface area contributed by atoms with Crippen molar-refractivity contribution in [1.29, 1.82) is 0 Å². The number of likely N-dealkylation sites (N-methyl/N-ethyl adjacent to an activating group) is 1. The van der Waals surface area contributed by atoms with E-state index in [9.17, 15) is 0 Å². The molecule has 1 aromatic carbocycles. The van der Waals surface area contributed by atoms with E-state index >= 15 is 0 Å². The van der Waals surface area contributed by atoms with Crippen LogP contribution < -0.4 is 10.1 Å². The van der Waals surface area contributed by atoms with E-state index < -0.39 is 0 Å². The van der Waals surface area contributed by atoms with E-state index in [1.807, 2.05) is 12.1 Å². The molecule has 18 heavy (non-hydrogen) atoms. The van der Waals surface area contributed by atoms with Gasteiger partial charge < -0.3 is 15.0 Å². The quantitative estimate of drug-likeness (QED) is 0.765. The van der Waals surface area contributed by atoms with Gasteiger partial charge in [0, 0.05) is 6.04 Å². The van der Waals surface area contributed by atoms with E-state index in [1.165, 1.54) is 5.56 Å². The molecule has 3 nitrogen and oxygen atoms in total. The Labute approximate surface area is 111 Å². The largest absolute Gasteiger partial charge is 0.496 e. The minimum atomic E-state index is 0.508. The van der Waals surface area contributed by atoms with Gasteiger partial charge in [-0.25, -0.2) is 0 Å². The van der Waals surface area contributed by atoms with Crippen LogP contribution in [0.25, 0.3) is 0 Å². The van der Waals surface area contributed by atoms with E-state index in [2.05, 4.69) is 43.4 Å². The molecule has 1 unspecified atom stereocenters. The lowest BCUT2D eigenvalue weighted by Gasteiger charge is -2.21. The van der Waals surface area contributed by atoms with Gasteiger partial charge in [-0.15, -0.1) is 0 Å². The van der Waals surface area contributed by atoms with Gasteiger partial charge in [0.2, 0.25) is 0 Å². The molecule has 0 heterocycles. The highest BCUT2D eigenvalue weighted by molar-refractivity contribution is 5.33. The number of hydrogen-bond acceptors (Lipinski definition) is 3. The Morgan fingerprint density at radius 2 is 2.00 bits per heavy atom. The van der Waals surface area contributed by atoms with Gasteiger partial charge in [0.15, 0.2) is 0 Å². The van der Waals surface area contributed by atoms with Gasteiger partial charge in [0.25, 0.3) is 0 Å². The van der Waals surface area contributed by atoms with E-state index in [0.29, 0.717) is 6.04 Å². The first-order chi connectivity index (χ1) is 8.67. The molecule has 0 spiro atoms. The summed E-state index contributed by atoms with van der Waals surface area (Å²) < 4.78 is 5.41. The standard InChI is InChI=1S/C15H26N2O/c1-5-16-14(10-11-17(2)3)12-13-8-6-7-9-15(13)18-4/h6-9,14,16H,5,10-12H2,1-4H3. The molecule has 0 radical (unpaired) electrons. The monoisotopic (exact) mass is 250 g/mol. The van der Waals surface area contributed by atoms with Gasteiger partial charge in [-0.1, -0.05) is 25.1 Å². The fourth-order valence-corrected chi connectivity index (χ4v) is 2.12. The number of benzene rings is 1. The SMILES string of the molecule is CCNC(CCN(C)C)Cc1ccccc1OC. The Balaban J connectivity index is 2.63. The highest BCUT2D eigenvalue weighted by Crippen LogP contribution is 2.19. The zero-order chi connectivity index (χ0) is 13.4. The van der Waals surface area contributed by atoms with Crippen LogP contribution in [0.5, 0.6) is 5.75 Å². The second-order valence-electron chi connectivity index (χ2n) is 4.86. The molecule has 0 fully saturated rings. The zero-order valence-electron chi connectivity index (χ0n) is 12.1. The van der Waals surface area contributed by atoms with Gasteiger partial charge >= 0.3 is 0 Å². The van der Waals surface area contributed by atoms with Gasteiger partial charge in [0.1, 0.15) is 5.75 Å². The van der Waals surface area contributed by atoms with Crippen LogP contribution >= 0.6 is 0 Å². The zero-order valence-corrected chi connectivity index (χ0v) is 12.1. The molecule has 0 aliphatic heterocycles. The normalized spacial score (nSPS) is 12.7. The summed E-state index contributed by atoms with van der Waals surface area (Å²) in [5.41, 5.74) is 1.28. The predicted octanol–water partition coefficient (Wildman–Crippen LogP) is 2.17. The van der Waals surface area contributed by atoms with Crippen molar-refractivity contribution >= 4 is 0 Å². The Morgan fingerprint density at radius 3 is 2.61 bits per heavy atom. The summed E-state index contributed by atoms with van der Waals surface area (Å²) in [6.07, 6.45) is 2.17. The predicted molar refractivity (Wildman–Crippen MR) is 77.3 cm³/mol. The molecule has 0 amide bonds. The summed E-state index contributed by atoms with van der Waals surface area (Å²) in [6.45, 7) is 4.27. The first-order valence-electron chi connectivity index (χ1n) is 6.67. The van der Waals surface area contributed by atoms with Crippen LogP contribution in [0.2, 0.25) is 0 Å². The van der Waals surface area contributed by atoms with Crippen molar-refractivity contribution in [2.45, 2.75) is 25.8 Å². The third kappa shape index (κ3) is 5.07. The summed E-state index contributed by atoms with van der Waals surface area (Å²) in [5.74, 6) is 0.991. The third-order valence-electron chi connectivity index (χ3n) is 3.08. The fourth-order valence-electron chi connectivity index (χ4n) is 2.12. The van der Waals surface area contributed by atoms with E-state index in [-0.39, 0.29) is 0 Å². The molecular weight excluding hydrogens is 224 g/mol. The molecule has 0 saturated heterocycles. The molecule has 0 aliphatic carbocycles. The van der Waals surface area contributed by atoms with Crippen molar-refractivity contribution in [3.05, 3.63) is 29.8 Å². The molecule has 1 atom stereocenters. The lowest BCUT2D eigenvalue weighted by molar-refractivity contribution is 0.355. The van der Waals surface area contributed by atoms with Crippen LogP contribution in [-0.2, 0) is 6.42 Å². The van der Waals surface area contributed by atoms with Crippen LogP contribution in [0, 0.1) is 0 Å². The van der Waals surface area contributed by atoms with Crippen LogP contribution in [0.3, 0.4) is 0 Å². The molecule has 1 N–H and O–H groups in total. The van der Waals surface area contributed by atoms with Crippen molar-refractivity contribution in [1.82, 2.24) is 10.2 Å². The molecule has 0 saturated carbocycles. The van der Waals surface area contributed by atoms with Crippen molar-refractivity contribution in [3.8, 4) is 5.75 Å². The van der Waals surface area contributed by atoms with Crippen LogP contribution in [-0.4, -0.2) is 45.2 Å². The van der Waals surface area contributed by atoms with Crippen molar-refractivity contribution in [2.75, 3.05) is 34.3 Å². The summed E-state index contributed by atoms with van der Waals surface area (Å²) in [4.78, 5) is 2.23. The molecular formula is C15H26N2O. The van der Waals surface area contributed by atoms with E-state index in [1.54, 1.807) is 7.11 Å². The highest BCUT2D eigenvalue weighted by Gasteiger charge is 2.11. The maximum Gasteiger partial charge on any atom is 0.122 e. The summed E-state index contributed by atoms with van der Waals surface area (Å²) in [7, 11) is 5.97. The molecule has 0 aliphatic rings. The average molecular weight is 250 g/mol. The second-order valence-corrected chi connectivity index (χ2v) is 4.86. The van der Waals surface area contributed by atoms with Gasteiger partial charge in [-0.2, -0.15) is 0 Å². The summed E-state index contributed by atoms with van der Waals surface area (Å²) in [6, 6.07) is 8.79. The maximum atomic E-state index is 5.41. The van der Waals surface area contributed by atoms with Gasteiger partial charge in [0.05, 0.1) is 7.11 Å². The van der Waals surface area contributed by atoms with E-state index in [4.69, 9.17) is 4.74 Å². The first-order valence-corrected chi connectivity index (χ1v) is 6.67. The summed E-state index contributed by atoms with van der Waals surface area (Å²) in [5, 5.41) is 3.56. The number of nitrogens with zero attached hydrogens (tertiary/aromatic N) is 1. The number of methoxy groups -OCH3 is 1. The van der Waals surface area contributed by atoms with Crippen molar-refractivity contribution in [2.24, 2.45) is 0 Å². The van der Waals surface area contributed by atoms with Crippen molar-refractivity contribution < 1.29 is 4.74 Å². The highest BCUT2D eigenvalue weighted by atomic mass is 16.5. The number of hydrogen-bond donors (Lipinski definition) is 1. The number of para-hydroxylation sites is 1. The first kappa shape index (κ1) is 15.0. The Hall–Kier alpha value is -1.06. The lowest BCUT2D eigenvalue weighted by atomic mass is 10.0. The van der Waals surface area contributed by atoms with Crippen LogP contribution in [0.1, 0.15) is 18.9 Å². The van der Waals surface area contributed by atoms with Gasteiger partial charge in [-0.05, 0) is 51.7 Å². The minimum Gasteiger partial charge on any atom is -0.496 e. The number of rotatable bonds is 8. The fraction of sp³-hybridized carbons (Fsp3) is 0.600. The number of nitrogens with one attached hydrogen (secondary N) is 1. The Bertz CT molecular complexity index is 339. The van der Waals surface area contributed by atoms with Crippen molar-refractivity contribution in [3.63, 3.8) is 0 Å². The molecule has 1 rings (SSSR count). The van der Waals surface area contributed by atoms with E-state index in [0.717, 1.165) is 31.7 Å². The third-order valence-corrected chi connectivity index (χ3v) is 3.08. The molecule has 0 bridgehead atoms. The Kier molecular flexibility index (Phi) is 6.76. The molecule has 3 heteroatoms. The van der Waals surface area contributed by atoms with Gasteiger partial charge in [-0.3, -0.25) is 0 Å². The molecule has 0 aromatic heterocycles. The van der Waals surface area contributed by atoms with Crippen LogP contribution in [0.15, 0.2) is 24.3 Å². The Morgan fingerprint density at radius 1 is 1.28 bits per heavy atom. The minimum absolute atomic E-state index is 0.508. The summed E-state index contributed by atoms with van der Waals surface area (Å²) >= 11 is 0.